The molecule has 1 fully saturated rings. The Morgan fingerprint density at radius 1 is 0.963 bits per heavy atom. The van der Waals surface area contributed by atoms with Crippen molar-refractivity contribution in [3.8, 4) is 5.75 Å². The molecule has 27 heavy (non-hydrogen) atoms. The molecule has 4 amide bonds. The predicted octanol–water partition coefficient (Wildman–Crippen LogP) is 3.29. The van der Waals surface area contributed by atoms with Crippen molar-refractivity contribution in [3.63, 3.8) is 0 Å². The molecular formula is C21H20N2O4. The summed E-state index contributed by atoms with van der Waals surface area (Å²) in [6.45, 7) is 5.61. The summed E-state index contributed by atoms with van der Waals surface area (Å²) in [5.41, 5.74) is 3.71. The molecule has 0 spiro atoms. The molecule has 0 aliphatic carbocycles. The van der Waals surface area contributed by atoms with Crippen molar-refractivity contribution in [2.75, 3.05) is 12.0 Å². The van der Waals surface area contributed by atoms with Gasteiger partial charge in [0.05, 0.1) is 12.8 Å². The molecule has 3 rings (SSSR count). The van der Waals surface area contributed by atoms with Crippen LogP contribution in [0.15, 0.2) is 42.0 Å². The van der Waals surface area contributed by atoms with E-state index in [1.54, 1.807) is 31.4 Å². The van der Waals surface area contributed by atoms with Crippen LogP contribution in [0.3, 0.4) is 0 Å². The number of hydrogen-bond donors (Lipinski definition) is 1. The summed E-state index contributed by atoms with van der Waals surface area (Å²) in [6.07, 6.45) is 1.49. The number of anilines is 1. The lowest BCUT2D eigenvalue weighted by molar-refractivity contribution is -0.122. The van der Waals surface area contributed by atoms with E-state index < -0.39 is 17.8 Å². The van der Waals surface area contributed by atoms with Crippen molar-refractivity contribution in [3.05, 3.63) is 64.2 Å². The summed E-state index contributed by atoms with van der Waals surface area (Å²) in [7, 11) is 1.57. The Kier molecular flexibility index (Phi) is 4.81. The lowest BCUT2D eigenvalue weighted by Gasteiger charge is -2.27. The first-order valence-corrected chi connectivity index (χ1v) is 8.44. The summed E-state index contributed by atoms with van der Waals surface area (Å²) in [6, 6.07) is 9.98. The number of amides is 4. The second-order valence-corrected chi connectivity index (χ2v) is 6.53. The van der Waals surface area contributed by atoms with Crippen LogP contribution in [0, 0.1) is 20.8 Å². The van der Waals surface area contributed by atoms with Crippen LogP contribution < -0.4 is 15.0 Å². The zero-order chi connectivity index (χ0) is 19.7. The van der Waals surface area contributed by atoms with E-state index in [0.717, 1.165) is 21.6 Å². The molecule has 0 radical (unpaired) electrons. The molecule has 0 aromatic heterocycles. The number of carbonyl (C=O) groups excluding carboxylic acids is 3. The molecular weight excluding hydrogens is 344 g/mol. The predicted molar refractivity (Wildman–Crippen MR) is 103 cm³/mol. The quantitative estimate of drug-likeness (QED) is 0.670. The smallest absolute Gasteiger partial charge is 0.335 e. The molecule has 1 aliphatic heterocycles. The van der Waals surface area contributed by atoms with Gasteiger partial charge in [0.15, 0.2) is 0 Å². The van der Waals surface area contributed by atoms with Gasteiger partial charge in [0.25, 0.3) is 11.8 Å². The highest BCUT2D eigenvalue weighted by atomic mass is 16.5. The number of benzene rings is 2. The van der Waals surface area contributed by atoms with E-state index in [0.29, 0.717) is 17.0 Å². The fourth-order valence-electron chi connectivity index (χ4n) is 3.06. The molecule has 0 saturated carbocycles. The first-order chi connectivity index (χ1) is 12.8. The molecule has 0 unspecified atom stereocenters. The van der Waals surface area contributed by atoms with Gasteiger partial charge in [0.2, 0.25) is 0 Å². The van der Waals surface area contributed by atoms with Gasteiger partial charge >= 0.3 is 6.03 Å². The Hall–Kier alpha value is -3.41. The van der Waals surface area contributed by atoms with Crippen LogP contribution in [0.5, 0.6) is 5.75 Å². The van der Waals surface area contributed by atoms with E-state index in [4.69, 9.17) is 4.74 Å². The average Bonchev–Trinajstić information content (AvgIpc) is 2.58. The van der Waals surface area contributed by atoms with Gasteiger partial charge < -0.3 is 4.74 Å². The lowest BCUT2D eigenvalue weighted by Crippen LogP contribution is -2.54. The third-order valence-corrected chi connectivity index (χ3v) is 4.34. The highest BCUT2D eigenvalue weighted by Crippen LogP contribution is 2.25. The van der Waals surface area contributed by atoms with E-state index in [2.05, 4.69) is 5.32 Å². The van der Waals surface area contributed by atoms with E-state index in [1.165, 1.54) is 6.08 Å². The molecule has 1 aliphatic rings. The molecule has 1 saturated heterocycles. The van der Waals surface area contributed by atoms with Gasteiger partial charge in [-0.2, -0.15) is 0 Å². The van der Waals surface area contributed by atoms with Gasteiger partial charge in [0.1, 0.15) is 11.3 Å². The number of carbonyl (C=O) groups is 3. The molecule has 2 aromatic rings. The van der Waals surface area contributed by atoms with Gasteiger partial charge in [-0.3, -0.25) is 14.9 Å². The van der Waals surface area contributed by atoms with Crippen molar-refractivity contribution >= 4 is 29.6 Å². The molecule has 6 heteroatoms. The Morgan fingerprint density at radius 2 is 1.63 bits per heavy atom. The number of urea groups is 1. The number of hydrogen-bond acceptors (Lipinski definition) is 4. The average molecular weight is 364 g/mol. The monoisotopic (exact) mass is 364 g/mol. The first-order valence-electron chi connectivity index (χ1n) is 8.44. The number of methoxy groups -OCH3 is 1. The maximum atomic E-state index is 13.0. The Labute approximate surface area is 157 Å². The van der Waals surface area contributed by atoms with Crippen LogP contribution in [0.1, 0.15) is 22.3 Å². The standard InChI is InChI=1S/C21H20N2O4/c1-12-7-13(2)9-16(8-12)23-20(25)18(19(24)22-21(23)26)11-15-5-6-17(27-4)10-14(15)3/h5-11H,1-4H3,(H,22,24,26)/b18-11+. The third-order valence-electron chi connectivity index (χ3n) is 4.34. The zero-order valence-electron chi connectivity index (χ0n) is 15.6. The van der Waals surface area contributed by atoms with Gasteiger partial charge in [0, 0.05) is 0 Å². The van der Waals surface area contributed by atoms with Gasteiger partial charge in [-0.1, -0.05) is 12.1 Å². The van der Waals surface area contributed by atoms with Crippen LogP contribution in [-0.2, 0) is 9.59 Å². The third kappa shape index (κ3) is 3.60. The van der Waals surface area contributed by atoms with Crippen molar-refractivity contribution in [1.82, 2.24) is 5.32 Å². The highest BCUT2D eigenvalue weighted by molar-refractivity contribution is 6.39. The van der Waals surface area contributed by atoms with Crippen molar-refractivity contribution < 1.29 is 19.1 Å². The minimum atomic E-state index is -0.751. The molecule has 2 aromatic carbocycles. The number of nitrogens with zero attached hydrogens (tertiary/aromatic N) is 1. The molecule has 1 heterocycles. The number of nitrogens with one attached hydrogen (secondary N) is 1. The fourth-order valence-corrected chi connectivity index (χ4v) is 3.06. The molecule has 0 bridgehead atoms. The normalized spacial score (nSPS) is 15.9. The molecule has 6 nitrogen and oxygen atoms in total. The van der Waals surface area contributed by atoms with E-state index in [9.17, 15) is 14.4 Å². The lowest BCUT2D eigenvalue weighted by atomic mass is 10.0. The van der Waals surface area contributed by atoms with Crippen LogP contribution in [0.25, 0.3) is 6.08 Å². The Morgan fingerprint density at radius 3 is 2.22 bits per heavy atom. The highest BCUT2D eigenvalue weighted by Gasteiger charge is 2.37. The number of aryl methyl sites for hydroxylation is 3. The Bertz CT molecular complexity index is 971. The minimum absolute atomic E-state index is 0.0953. The van der Waals surface area contributed by atoms with Crippen LogP contribution >= 0.6 is 0 Å². The second kappa shape index (κ2) is 7.07. The van der Waals surface area contributed by atoms with Crippen LogP contribution in [0.4, 0.5) is 10.5 Å². The SMILES string of the molecule is COc1ccc(/C=C2\C(=O)NC(=O)N(c3cc(C)cc(C)c3)C2=O)c(C)c1. The minimum Gasteiger partial charge on any atom is -0.497 e. The topological polar surface area (TPSA) is 75.7 Å². The first kappa shape index (κ1) is 18.4. The summed E-state index contributed by atoms with van der Waals surface area (Å²) < 4.78 is 5.17. The largest absolute Gasteiger partial charge is 0.497 e. The second-order valence-electron chi connectivity index (χ2n) is 6.53. The van der Waals surface area contributed by atoms with Crippen LogP contribution in [0.2, 0.25) is 0 Å². The molecule has 138 valence electrons. The van der Waals surface area contributed by atoms with E-state index in [-0.39, 0.29) is 5.57 Å². The molecule has 0 atom stereocenters. The zero-order valence-corrected chi connectivity index (χ0v) is 15.6. The van der Waals surface area contributed by atoms with Gasteiger partial charge in [-0.05, 0) is 73.4 Å². The summed E-state index contributed by atoms with van der Waals surface area (Å²) in [4.78, 5) is 38.6. The maximum Gasteiger partial charge on any atom is 0.335 e. The van der Waals surface area contributed by atoms with Gasteiger partial charge in [-0.15, -0.1) is 0 Å². The van der Waals surface area contributed by atoms with Gasteiger partial charge in [-0.25, -0.2) is 9.69 Å². The number of imide groups is 2. The molecule has 1 N–H and O–H groups in total. The van der Waals surface area contributed by atoms with Crippen molar-refractivity contribution in [1.29, 1.82) is 0 Å². The van der Waals surface area contributed by atoms with Crippen molar-refractivity contribution in [2.45, 2.75) is 20.8 Å². The summed E-state index contributed by atoms with van der Waals surface area (Å²) >= 11 is 0. The summed E-state index contributed by atoms with van der Waals surface area (Å²) in [5.74, 6) is -0.675. The maximum absolute atomic E-state index is 13.0. The number of rotatable bonds is 3. The number of ether oxygens (including phenoxy) is 1. The van der Waals surface area contributed by atoms with E-state index >= 15 is 0 Å². The number of barbiturate groups is 1. The fraction of sp³-hybridized carbons (Fsp3) is 0.190. The summed E-state index contributed by atoms with van der Waals surface area (Å²) in [5, 5.41) is 2.24. The van der Waals surface area contributed by atoms with E-state index in [1.807, 2.05) is 32.9 Å². The van der Waals surface area contributed by atoms with Crippen LogP contribution in [-0.4, -0.2) is 25.0 Å². The van der Waals surface area contributed by atoms with Crippen molar-refractivity contribution in [2.24, 2.45) is 0 Å². The Balaban J connectivity index is 2.05.